The Morgan fingerprint density at radius 2 is 1.71 bits per heavy atom. The maximum atomic E-state index is 12.6. The average Bonchev–Trinajstić information content (AvgIpc) is 3.24. The number of rotatable bonds is 7. The van der Waals surface area contributed by atoms with Gasteiger partial charge in [-0.05, 0) is 58.4 Å². The maximum Gasteiger partial charge on any atom is 0.236 e. The molecule has 0 spiro atoms. The summed E-state index contributed by atoms with van der Waals surface area (Å²) in [6.45, 7) is 6.93. The Labute approximate surface area is 129 Å². The zero-order chi connectivity index (χ0) is 14.8. The van der Waals surface area contributed by atoms with E-state index in [4.69, 9.17) is 0 Å². The van der Waals surface area contributed by atoms with Gasteiger partial charge in [0.15, 0.2) is 0 Å². The summed E-state index contributed by atoms with van der Waals surface area (Å²) < 4.78 is 0. The quantitative estimate of drug-likeness (QED) is 0.780. The summed E-state index contributed by atoms with van der Waals surface area (Å²) in [5, 5.41) is 3.71. The molecule has 2 bridgehead atoms. The Morgan fingerprint density at radius 1 is 1.05 bits per heavy atom. The lowest BCUT2D eigenvalue weighted by molar-refractivity contribution is -0.133. The minimum Gasteiger partial charge on any atom is -0.339 e. The van der Waals surface area contributed by atoms with Crippen molar-refractivity contribution >= 4 is 5.91 Å². The van der Waals surface area contributed by atoms with Crippen molar-refractivity contribution in [3.8, 4) is 0 Å². The highest BCUT2D eigenvalue weighted by molar-refractivity contribution is 5.79. The molecule has 3 fully saturated rings. The van der Waals surface area contributed by atoms with Gasteiger partial charge < -0.3 is 10.2 Å². The van der Waals surface area contributed by atoms with Crippen molar-refractivity contribution in [3.63, 3.8) is 0 Å². The third kappa shape index (κ3) is 3.59. The first-order chi connectivity index (χ1) is 10.2. The first-order valence-electron chi connectivity index (χ1n) is 9.00. The van der Waals surface area contributed by atoms with Gasteiger partial charge in [0.2, 0.25) is 5.91 Å². The molecule has 2 aliphatic heterocycles. The highest BCUT2D eigenvalue weighted by Gasteiger charge is 2.37. The van der Waals surface area contributed by atoms with E-state index in [1.54, 1.807) is 0 Å². The minimum absolute atomic E-state index is 0.360. The van der Waals surface area contributed by atoms with Crippen LogP contribution in [0.25, 0.3) is 0 Å². The van der Waals surface area contributed by atoms with Crippen LogP contribution in [-0.2, 0) is 4.79 Å². The van der Waals surface area contributed by atoms with Crippen molar-refractivity contribution in [3.05, 3.63) is 0 Å². The molecule has 2 heterocycles. The average molecular weight is 293 g/mol. The molecule has 21 heavy (non-hydrogen) atoms. The van der Waals surface area contributed by atoms with Gasteiger partial charge in [0.25, 0.3) is 0 Å². The van der Waals surface area contributed by atoms with E-state index >= 15 is 0 Å². The molecule has 3 rings (SSSR count). The Balaban J connectivity index is 1.59. The molecule has 0 radical (unpaired) electrons. The first kappa shape index (κ1) is 15.3. The number of nitrogens with one attached hydrogen (secondary N) is 1. The van der Waals surface area contributed by atoms with Gasteiger partial charge in [0.1, 0.15) is 0 Å². The third-order valence-corrected chi connectivity index (χ3v) is 5.46. The fourth-order valence-electron chi connectivity index (χ4n) is 4.29. The standard InChI is InChI=1S/C17H31N3O/c1-3-9-19(12-17(21)20(4-2)15-7-8-15)16-10-13-5-6-14(11-16)18-13/h13-16,18H,3-12H2,1-2H3. The van der Waals surface area contributed by atoms with E-state index in [1.807, 2.05) is 0 Å². The topological polar surface area (TPSA) is 35.6 Å². The van der Waals surface area contributed by atoms with Gasteiger partial charge in [-0.15, -0.1) is 0 Å². The molecular formula is C17H31N3O. The van der Waals surface area contributed by atoms with E-state index in [-0.39, 0.29) is 0 Å². The lowest BCUT2D eigenvalue weighted by Gasteiger charge is -2.38. The van der Waals surface area contributed by atoms with Gasteiger partial charge in [-0.3, -0.25) is 9.69 Å². The summed E-state index contributed by atoms with van der Waals surface area (Å²) in [6, 6.07) is 2.57. The van der Waals surface area contributed by atoms with Crippen LogP contribution in [0, 0.1) is 0 Å². The SMILES string of the molecule is CCCN(CC(=O)N(CC)C1CC1)C1CC2CCC(C1)N2. The van der Waals surface area contributed by atoms with E-state index in [1.165, 1.54) is 38.5 Å². The van der Waals surface area contributed by atoms with Crippen LogP contribution in [0.5, 0.6) is 0 Å². The summed E-state index contributed by atoms with van der Waals surface area (Å²) in [5.41, 5.74) is 0. The maximum absolute atomic E-state index is 12.6. The number of fused-ring (bicyclic) bond motifs is 2. The molecule has 0 aromatic carbocycles. The first-order valence-corrected chi connectivity index (χ1v) is 9.00. The van der Waals surface area contributed by atoms with Crippen LogP contribution in [0.1, 0.15) is 58.8 Å². The normalized spacial score (nSPS) is 31.7. The highest BCUT2D eigenvalue weighted by Crippen LogP contribution is 2.31. The van der Waals surface area contributed by atoms with Crippen molar-refractivity contribution in [2.45, 2.75) is 83.0 Å². The van der Waals surface area contributed by atoms with Crippen LogP contribution in [0.15, 0.2) is 0 Å². The minimum atomic E-state index is 0.360. The van der Waals surface area contributed by atoms with Gasteiger partial charge >= 0.3 is 0 Å². The molecule has 0 aromatic rings. The molecule has 1 N–H and O–H groups in total. The Kier molecular flexibility index (Phi) is 4.85. The predicted octanol–water partition coefficient (Wildman–Crippen LogP) is 1.99. The molecule has 2 unspecified atom stereocenters. The van der Waals surface area contributed by atoms with Crippen LogP contribution in [0.2, 0.25) is 0 Å². The molecule has 4 heteroatoms. The van der Waals surface area contributed by atoms with Crippen LogP contribution in [-0.4, -0.2) is 59.5 Å². The van der Waals surface area contributed by atoms with Crippen molar-refractivity contribution < 1.29 is 4.79 Å². The number of piperidine rings is 1. The highest BCUT2D eigenvalue weighted by atomic mass is 16.2. The van der Waals surface area contributed by atoms with Gasteiger partial charge in [-0.1, -0.05) is 6.92 Å². The van der Waals surface area contributed by atoms with Crippen molar-refractivity contribution in [1.29, 1.82) is 0 Å². The third-order valence-electron chi connectivity index (χ3n) is 5.46. The summed E-state index contributed by atoms with van der Waals surface area (Å²) in [6.07, 6.45) is 8.70. The molecule has 1 saturated carbocycles. The predicted molar refractivity (Wildman–Crippen MR) is 85.2 cm³/mol. The van der Waals surface area contributed by atoms with E-state index in [0.29, 0.717) is 36.6 Å². The molecule has 1 aliphatic carbocycles. The number of nitrogens with zero attached hydrogens (tertiary/aromatic N) is 2. The molecular weight excluding hydrogens is 262 g/mol. The Hall–Kier alpha value is -0.610. The zero-order valence-electron chi connectivity index (χ0n) is 13.7. The van der Waals surface area contributed by atoms with E-state index in [0.717, 1.165) is 19.5 Å². The van der Waals surface area contributed by atoms with Crippen LogP contribution in [0.4, 0.5) is 0 Å². The van der Waals surface area contributed by atoms with Gasteiger partial charge in [0, 0.05) is 30.7 Å². The van der Waals surface area contributed by atoms with Crippen LogP contribution in [0.3, 0.4) is 0 Å². The second-order valence-electron chi connectivity index (χ2n) is 7.14. The monoisotopic (exact) mass is 293 g/mol. The summed E-state index contributed by atoms with van der Waals surface area (Å²) in [5.74, 6) is 0.360. The number of carbonyl (C=O) groups excluding carboxylic acids is 1. The van der Waals surface area contributed by atoms with E-state index < -0.39 is 0 Å². The number of hydrogen-bond acceptors (Lipinski definition) is 3. The summed E-state index contributed by atoms with van der Waals surface area (Å²) >= 11 is 0. The van der Waals surface area contributed by atoms with Crippen LogP contribution < -0.4 is 5.32 Å². The molecule has 4 nitrogen and oxygen atoms in total. The number of likely N-dealkylation sites (N-methyl/N-ethyl adjacent to an activating group) is 1. The second kappa shape index (κ2) is 6.66. The molecule has 1 amide bonds. The Bertz CT molecular complexity index is 357. The van der Waals surface area contributed by atoms with Gasteiger partial charge in [-0.2, -0.15) is 0 Å². The summed E-state index contributed by atoms with van der Waals surface area (Å²) in [7, 11) is 0. The summed E-state index contributed by atoms with van der Waals surface area (Å²) in [4.78, 5) is 17.2. The molecule has 0 aromatic heterocycles. The van der Waals surface area contributed by atoms with Crippen molar-refractivity contribution in [2.75, 3.05) is 19.6 Å². The Morgan fingerprint density at radius 3 is 2.24 bits per heavy atom. The van der Waals surface area contributed by atoms with E-state index in [2.05, 4.69) is 29.0 Å². The lowest BCUT2D eigenvalue weighted by Crippen LogP contribution is -2.51. The van der Waals surface area contributed by atoms with Crippen LogP contribution >= 0.6 is 0 Å². The van der Waals surface area contributed by atoms with Gasteiger partial charge in [0.05, 0.1) is 6.54 Å². The van der Waals surface area contributed by atoms with Crippen molar-refractivity contribution in [1.82, 2.24) is 15.1 Å². The van der Waals surface area contributed by atoms with Crippen molar-refractivity contribution in [2.24, 2.45) is 0 Å². The molecule has 2 atom stereocenters. The number of hydrogen-bond donors (Lipinski definition) is 1. The largest absolute Gasteiger partial charge is 0.339 e. The smallest absolute Gasteiger partial charge is 0.236 e. The molecule has 3 aliphatic rings. The van der Waals surface area contributed by atoms with Gasteiger partial charge in [-0.25, -0.2) is 0 Å². The number of amides is 1. The molecule has 120 valence electrons. The second-order valence-corrected chi connectivity index (χ2v) is 7.14. The van der Waals surface area contributed by atoms with E-state index in [9.17, 15) is 4.79 Å². The number of carbonyl (C=O) groups is 1. The fraction of sp³-hybridized carbons (Fsp3) is 0.941. The fourth-order valence-corrected chi connectivity index (χ4v) is 4.29. The lowest BCUT2D eigenvalue weighted by atomic mass is 9.98. The molecule has 2 saturated heterocycles. The zero-order valence-corrected chi connectivity index (χ0v) is 13.7.